The van der Waals surface area contributed by atoms with Crippen LogP contribution in [0.15, 0.2) is 17.0 Å². The Morgan fingerprint density at radius 1 is 1.29 bits per heavy atom. The number of nitrogens with one attached hydrogen (secondary N) is 1. The van der Waals surface area contributed by atoms with Crippen LogP contribution in [0, 0.1) is 11.6 Å². The molecule has 0 amide bonds. The standard InChI is InChI=1S/C13H19F2N3O2S/c1-9(8-18-4-2-3-5-18)17-21(19,20)13-7-12(16)10(14)6-11(13)15/h6-7,9,17H,2-5,8,16H2,1H3. The predicted molar refractivity (Wildman–Crippen MR) is 76.2 cm³/mol. The van der Waals surface area contributed by atoms with E-state index < -0.39 is 32.2 Å². The van der Waals surface area contributed by atoms with Gasteiger partial charge in [0.1, 0.15) is 16.5 Å². The number of hydrogen-bond acceptors (Lipinski definition) is 4. The Labute approximate surface area is 123 Å². The zero-order valence-corrected chi connectivity index (χ0v) is 12.6. The van der Waals surface area contributed by atoms with Crippen molar-refractivity contribution in [2.24, 2.45) is 0 Å². The van der Waals surface area contributed by atoms with E-state index in [1.165, 1.54) is 0 Å². The maximum Gasteiger partial charge on any atom is 0.243 e. The van der Waals surface area contributed by atoms with Crippen molar-refractivity contribution in [1.82, 2.24) is 9.62 Å². The van der Waals surface area contributed by atoms with E-state index in [4.69, 9.17) is 5.73 Å². The number of hydrogen-bond donors (Lipinski definition) is 2. The van der Waals surface area contributed by atoms with Gasteiger partial charge >= 0.3 is 0 Å². The van der Waals surface area contributed by atoms with E-state index >= 15 is 0 Å². The third-order valence-corrected chi connectivity index (χ3v) is 5.03. The Kier molecular flexibility index (Phi) is 4.80. The van der Waals surface area contributed by atoms with Crippen LogP contribution in [0.25, 0.3) is 0 Å². The van der Waals surface area contributed by atoms with Crippen LogP contribution < -0.4 is 10.5 Å². The van der Waals surface area contributed by atoms with Crippen LogP contribution in [0.2, 0.25) is 0 Å². The van der Waals surface area contributed by atoms with Crippen LogP contribution in [0.4, 0.5) is 14.5 Å². The third kappa shape index (κ3) is 3.90. The second-order valence-corrected chi connectivity index (χ2v) is 7.02. The van der Waals surface area contributed by atoms with Crippen LogP contribution in [0.1, 0.15) is 19.8 Å². The summed E-state index contributed by atoms with van der Waals surface area (Å²) in [6.45, 7) is 4.13. The number of likely N-dealkylation sites (tertiary alicyclic amines) is 1. The minimum Gasteiger partial charge on any atom is -0.396 e. The van der Waals surface area contributed by atoms with Crippen LogP contribution in [-0.4, -0.2) is 39.0 Å². The van der Waals surface area contributed by atoms with Gasteiger partial charge in [-0.2, -0.15) is 0 Å². The number of halogens is 2. The molecule has 1 aliphatic heterocycles. The molecule has 0 saturated carbocycles. The first kappa shape index (κ1) is 16.1. The summed E-state index contributed by atoms with van der Waals surface area (Å²) in [6, 6.07) is 0.906. The predicted octanol–water partition coefficient (Wildman–Crippen LogP) is 1.31. The molecule has 1 saturated heterocycles. The summed E-state index contributed by atoms with van der Waals surface area (Å²) in [7, 11) is -4.07. The third-order valence-electron chi connectivity index (χ3n) is 3.43. The Morgan fingerprint density at radius 3 is 2.52 bits per heavy atom. The Balaban J connectivity index is 2.12. The highest BCUT2D eigenvalue weighted by Gasteiger charge is 2.24. The largest absolute Gasteiger partial charge is 0.396 e. The minimum atomic E-state index is -4.07. The molecule has 0 bridgehead atoms. The molecule has 118 valence electrons. The fraction of sp³-hybridized carbons (Fsp3) is 0.538. The molecule has 0 radical (unpaired) electrons. The molecule has 1 unspecified atom stereocenters. The molecule has 3 N–H and O–H groups in total. The van der Waals surface area contributed by atoms with Crippen LogP contribution in [0.3, 0.4) is 0 Å². The highest BCUT2D eigenvalue weighted by Crippen LogP contribution is 2.21. The number of nitrogens with two attached hydrogens (primary N) is 1. The smallest absolute Gasteiger partial charge is 0.243 e. The van der Waals surface area contributed by atoms with E-state index in [2.05, 4.69) is 9.62 Å². The monoisotopic (exact) mass is 319 g/mol. The average molecular weight is 319 g/mol. The van der Waals surface area contributed by atoms with Gasteiger partial charge in [-0.05, 0) is 38.9 Å². The second kappa shape index (κ2) is 6.25. The molecule has 1 aromatic rings. The first-order valence-electron chi connectivity index (χ1n) is 6.79. The van der Waals surface area contributed by atoms with Gasteiger partial charge in [0, 0.05) is 18.7 Å². The summed E-state index contributed by atoms with van der Waals surface area (Å²) >= 11 is 0. The molecule has 0 spiro atoms. The van der Waals surface area contributed by atoms with Gasteiger partial charge in [0.15, 0.2) is 0 Å². The summed E-state index contributed by atoms with van der Waals surface area (Å²) in [5.41, 5.74) is 4.91. The van der Waals surface area contributed by atoms with Crippen molar-refractivity contribution < 1.29 is 17.2 Å². The molecule has 1 atom stereocenters. The van der Waals surface area contributed by atoms with Crippen LogP contribution in [-0.2, 0) is 10.0 Å². The van der Waals surface area contributed by atoms with Crippen LogP contribution >= 0.6 is 0 Å². The van der Waals surface area contributed by atoms with Crippen molar-refractivity contribution in [2.45, 2.75) is 30.7 Å². The van der Waals surface area contributed by atoms with Crippen molar-refractivity contribution in [1.29, 1.82) is 0 Å². The van der Waals surface area contributed by atoms with Gasteiger partial charge in [0.25, 0.3) is 0 Å². The number of rotatable bonds is 5. The van der Waals surface area contributed by atoms with Crippen molar-refractivity contribution in [2.75, 3.05) is 25.4 Å². The van der Waals surface area contributed by atoms with E-state index in [0.29, 0.717) is 12.6 Å². The molecule has 8 heteroatoms. The summed E-state index contributed by atoms with van der Waals surface area (Å²) in [6.07, 6.45) is 2.20. The van der Waals surface area contributed by atoms with Gasteiger partial charge in [-0.15, -0.1) is 0 Å². The highest BCUT2D eigenvalue weighted by molar-refractivity contribution is 7.89. The SMILES string of the molecule is CC(CN1CCCC1)NS(=O)(=O)c1cc(N)c(F)cc1F. The molecule has 1 fully saturated rings. The van der Waals surface area contributed by atoms with Crippen molar-refractivity contribution in [3.8, 4) is 0 Å². The molecular formula is C13H19F2N3O2S. The van der Waals surface area contributed by atoms with E-state index in [0.717, 1.165) is 32.0 Å². The lowest BCUT2D eigenvalue weighted by molar-refractivity contribution is 0.312. The Hall–Kier alpha value is -1.25. The Bertz CT molecular complexity index is 616. The van der Waals surface area contributed by atoms with Gasteiger partial charge in [-0.25, -0.2) is 21.9 Å². The first-order valence-corrected chi connectivity index (χ1v) is 8.27. The van der Waals surface area contributed by atoms with E-state index in [9.17, 15) is 17.2 Å². The molecule has 5 nitrogen and oxygen atoms in total. The van der Waals surface area contributed by atoms with Crippen molar-refractivity contribution in [3.05, 3.63) is 23.8 Å². The molecule has 1 aliphatic rings. The first-order chi connectivity index (χ1) is 9.79. The number of nitrogens with zero attached hydrogens (tertiary/aromatic N) is 1. The topological polar surface area (TPSA) is 75.4 Å². The molecule has 0 aliphatic carbocycles. The maximum absolute atomic E-state index is 13.7. The summed E-state index contributed by atoms with van der Waals surface area (Å²) < 4.78 is 53.5. The summed E-state index contributed by atoms with van der Waals surface area (Å²) in [5, 5.41) is 0. The van der Waals surface area contributed by atoms with Gasteiger partial charge in [-0.1, -0.05) is 0 Å². The zero-order valence-electron chi connectivity index (χ0n) is 11.8. The van der Waals surface area contributed by atoms with Gasteiger partial charge in [0.2, 0.25) is 10.0 Å². The minimum absolute atomic E-state index is 0.376. The lowest BCUT2D eigenvalue weighted by atomic mass is 10.3. The van der Waals surface area contributed by atoms with Crippen molar-refractivity contribution in [3.63, 3.8) is 0 Å². The fourth-order valence-corrected chi connectivity index (χ4v) is 3.80. The molecule has 1 heterocycles. The Morgan fingerprint density at radius 2 is 1.90 bits per heavy atom. The number of benzene rings is 1. The van der Waals surface area contributed by atoms with Gasteiger partial charge < -0.3 is 10.6 Å². The lowest BCUT2D eigenvalue weighted by Crippen LogP contribution is -2.41. The van der Waals surface area contributed by atoms with E-state index in [1.54, 1.807) is 6.92 Å². The molecule has 2 rings (SSSR count). The van der Waals surface area contributed by atoms with Crippen LogP contribution in [0.5, 0.6) is 0 Å². The molecular weight excluding hydrogens is 300 g/mol. The highest BCUT2D eigenvalue weighted by atomic mass is 32.2. The maximum atomic E-state index is 13.7. The molecule has 0 aromatic heterocycles. The van der Waals surface area contributed by atoms with E-state index in [1.807, 2.05) is 0 Å². The number of anilines is 1. The normalized spacial score (nSPS) is 18.0. The zero-order chi connectivity index (χ0) is 15.6. The fourth-order valence-electron chi connectivity index (χ4n) is 2.47. The second-order valence-electron chi connectivity index (χ2n) is 5.33. The summed E-state index contributed by atoms with van der Waals surface area (Å²) in [5.74, 6) is -2.13. The van der Waals surface area contributed by atoms with Gasteiger partial charge in [0.05, 0.1) is 5.69 Å². The van der Waals surface area contributed by atoms with E-state index in [-0.39, 0.29) is 6.04 Å². The lowest BCUT2D eigenvalue weighted by Gasteiger charge is -2.21. The summed E-state index contributed by atoms with van der Waals surface area (Å²) in [4.78, 5) is 1.51. The number of nitrogen functional groups attached to an aromatic ring is 1. The molecule has 1 aromatic carbocycles. The quantitative estimate of drug-likeness (QED) is 0.803. The number of sulfonamides is 1. The van der Waals surface area contributed by atoms with Crippen molar-refractivity contribution >= 4 is 15.7 Å². The van der Waals surface area contributed by atoms with Gasteiger partial charge in [-0.3, -0.25) is 0 Å². The average Bonchev–Trinajstić information content (AvgIpc) is 2.85. The molecule has 21 heavy (non-hydrogen) atoms.